The minimum absolute atomic E-state index is 0.904. The smallest absolute Gasteiger partial charge is 0.0692 e. The van der Waals surface area contributed by atoms with Crippen molar-refractivity contribution in [3.63, 3.8) is 0 Å². The molecule has 1 unspecified atom stereocenters. The quantitative estimate of drug-likeness (QED) is 0.735. The predicted octanol–water partition coefficient (Wildman–Crippen LogP) is 1.01. The third kappa shape index (κ3) is 3.83. The van der Waals surface area contributed by atoms with Crippen molar-refractivity contribution in [2.75, 3.05) is 24.6 Å². The fraction of sp³-hybridized carbons (Fsp3) is 0.800. The summed E-state index contributed by atoms with van der Waals surface area (Å²) in [6.45, 7) is 3.23. The minimum Gasteiger partial charge on any atom is -0.316 e. The molecular formula is C10H18N4S. The molecule has 1 N–H and O–H groups in total. The van der Waals surface area contributed by atoms with E-state index in [1.807, 2.05) is 10.9 Å². The Morgan fingerprint density at radius 2 is 2.53 bits per heavy atom. The molecule has 1 aromatic rings. The van der Waals surface area contributed by atoms with Crippen LogP contribution in [0.25, 0.3) is 0 Å². The first-order chi connectivity index (χ1) is 7.45. The summed E-state index contributed by atoms with van der Waals surface area (Å²) in [5.41, 5.74) is 0. The molecule has 0 bridgehead atoms. The minimum atomic E-state index is 0.904. The van der Waals surface area contributed by atoms with E-state index in [4.69, 9.17) is 0 Å². The van der Waals surface area contributed by atoms with E-state index >= 15 is 0 Å². The van der Waals surface area contributed by atoms with Crippen LogP contribution in [0.15, 0.2) is 12.4 Å². The molecule has 84 valence electrons. The largest absolute Gasteiger partial charge is 0.316 e. The molecule has 5 heteroatoms. The molecule has 2 rings (SSSR count). The van der Waals surface area contributed by atoms with Gasteiger partial charge in [-0.15, -0.1) is 5.10 Å². The molecule has 0 radical (unpaired) electrons. The number of aryl methyl sites for hydroxylation is 1. The topological polar surface area (TPSA) is 42.7 Å². The molecule has 0 amide bonds. The van der Waals surface area contributed by atoms with Gasteiger partial charge in [0.25, 0.3) is 0 Å². The molecule has 0 saturated carbocycles. The summed E-state index contributed by atoms with van der Waals surface area (Å²) in [7, 11) is 0. The van der Waals surface area contributed by atoms with Crippen molar-refractivity contribution >= 4 is 11.8 Å². The van der Waals surface area contributed by atoms with Crippen LogP contribution in [0.2, 0.25) is 0 Å². The molecule has 1 saturated heterocycles. The monoisotopic (exact) mass is 226 g/mol. The summed E-state index contributed by atoms with van der Waals surface area (Å²) < 4.78 is 1.88. The van der Waals surface area contributed by atoms with Gasteiger partial charge in [0.1, 0.15) is 0 Å². The van der Waals surface area contributed by atoms with E-state index < -0.39 is 0 Å². The Hall–Kier alpha value is -0.550. The van der Waals surface area contributed by atoms with Gasteiger partial charge in [-0.05, 0) is 43.4 Å². The highest BCUT2D eigenvalue weighted by Crippen LogP contribution is 2.22. The first-order valence-corrected chi connectivity index (χ1v) is 6.73. The molecular weight excluding hydrogens is 208 g/mol. The van der Waals surface area contributed by atoms with Gasteiger partial charge < -0.3 is 5.32 Å². The van der Waals surface area contributed by atoms with Crippen molar-refractivity contribution < 1.29 is 0 Å². The average molecular weight is 226 g/mol. The maximum atomic E-state index is 3.93. The Bertz CT molecular complexity index is 256. The van der Waals surface area contributed by atoms with E-state index in [0.717, 1.165) is 25.4 Å². The third-order valence-corrected chi connectivity index (χ3v) is 3.90. The van der Waals surface area contributed by atoms with Crippen LogP contribution in [0.4, 0.5) is 0 Å². The lowest BCUT2D eigenvalue weighted by atomic mass is 10.1. The van der Waals surface area contributed by atoms with Crippen LogP contribution in [-0.4, -0.2) is 39.6 Å². The highest BCUT2D eigenvalue weighted by atomic mass is 32.2. The third-order valence-electron chi connectivity index (χ3n) is 2.67. The second-order valence-electron chi connectivity index (χ2n) is 3.95. The van der Waals surface area contributed by atoms with E-state index in [-0.39, 0.29) is 0 Å². The lowest BCUT2D eigenvalue weighted by Crippen LogP contribution is -2.24. The second kappa shape index (κ2) is 6.12. The fourth-order valence-electron chi connectivity index (χ4n) is 1.77. The number of rotatable bonds is 6. The predicted molar refractivity (Wildman–Crippen MR) is 62.9 cm³/mol. The van der Waals surface area contributed by atoms with Crippen LogP contribution < -0.4 is 5.32 Å². The molecule has 15 heavy (non-hydrogen) atoms. The summed E-state index contributed by atoms with van der Waals surface area (Å²) in [6.07, 6.45) is 6.15. The number of nitrogens with zero attached hydrogens (tertiary/aromatic N) is 3. The van der Waals surface area contributed by atoms with Crippen molar-refractivity contribution in [2.24, 2.45) is 5.92 Å². The van der Waals surface area contributed by atoms with E-state index in [1.165, 1.54) is 24.5 Å². The first-order valence-electron chi connectivity index (χ1n) is 5.58. The van der Waals surface area contributed by atoms with Crippen molar-refractivity contribution in [2.45, 2.75) is 19.4 Å². The maximum Gasteiger partial charge on any atom is 0.0692 e. The number of thioether (sulfide) groups is 1. The van der Waals surface area contributed by atoms with E-state index in [9.17, 15) is 0 Å². The zero-order chi connectivity index (χ0) is 10.3. The summed E-state index contributed by atoms with van der Waals surface area (Å²) in [4.78, 5) is 0. The van der Waals surface area contributed by atoms with Gasteiger partial charge in [0.05, 0.1) is 6.20 Å². The summed E-state index contributed by atoms with van der Waals surface area (Å²) >= 11 is 2.08. The van der Waals surface area contributed by atoms with Gasteiger partial charge in [0.15, 0.2) is 0 Å². The lowest BCUT2D eigenvalue weighted by molar-refractivity contribution is 0.487. The molecule has 4 nitrogen and oxygen atoms in total. The van der Waals surface area contributed by atoms with Gasteiger partial charge >= 0.3 is 0 Å². The number of hydrogen-bond donors (Lipinski definition) is 1. The Kier molecular flexibility index (Phi) is 4.47. The van der Waals surface area contributed by atoms with Crippen LogP contribution in [-0.2, 0) is 6.54 Å². The van der Waals surface area contributed by atoms with E-state index in [0.29, 0.717) is 0 Å². The van der Waals surface area contributed by atoms with E-state index in [1.54, 1.807) is 6.20 Å². The molecule has 2 heterocycles. The summed E-state index contributed by atoms with van der Waals surface area (Å²) in [5.74, 6) is 3.60. The zero-order valence-corrected chi connectivity index (χ0v) is 9.75. The SMILES string of the molecule is c1cn(CCCNCC2CCSC2)nn1. The Balaban J connectivity index is 1.48. The van der Waals surface area contributed by atoms with Crippen molar-refractivity contribution in [1.29, 1.82) is 0 Å². The fourth-order valence-corrected chi connectivity index (χ4v) is 3.05. The van der Waals surface area contributed by atoms with Crippen LogP contribution in [0, 0.1) is 5.92 Å². The first kappa shape index (κ1) is 11.0. The van der Waals surface area contributed by atoms with Crippen LogP contribution in [0.5, 0.6) is 0 Å². The molecule has 1 aliphatic heterocycles. The molecule has 0 spiro atoms. The average Bonchev–Trinajstić information content (AvgIpc) is 2.88. The van der Waals surface area contributed by atoms with Gasteiger partial charge in [-0.3, -0.25) is 4.68 Å². The molecule has 1 aromatic heterocycles. The molecule has 1 atom stereocenters. The van der Waals surface area contributed by atoms with Crippen molar-refractivity contribution in [3.05, 3.63) is 12.4 Å². The Morgan fingerprint density at radius 1 is 1.53 bits per heavy atom. The van der Waals surface area contributed by atoms with Gasteiger partial charge in [-0.25, -0.2) is 0 Å². The highest BCUT2D eigenvalue weighted by molar-refractivity contribution is 7.99. The van der Waals surface area contributed by atoms with Crippen LogP contribution in [0.3, 0.4) is 0 Å². The Labute approximate surface area is 94.8 Å². The molecule has 1 fully saturated rings. The molecule has 0 aromatic carbocycles. The standard InChI is InChI=1S/C10H18N4S/c1(5-14-6-4-12-13-14)3-11-8-10-2-7-15-9-10/h4,6,10-11H,1-3,5,7-9H2. The number of nitrogens with one attached hydrogen (secondary N) is 1. The van der Waals surface area contributed by atoms with Gasteiger partial charge in [0.2, 0.25) is 0 Å². The second-order valence-corrected chi connectivity index (χ2v) is 5.10. The highest BCUT2D eigenvalue weighted by Gasteiger charge is 2.14. The van der Waals surface area contributed by atoms with E-state index in [2.05, 4.69) is 27.4 Å². The van der Waals surface area contributed by atoms with Gasteiger partial charge in [0, 0.05) is 12.7 Å². The summed E-state index contributed by atoms with van der Waals surface area (Å²) in [6, 6.07) is 0. The molecule has 0 aliphatic carbocycles. The van der Waals surface area contributed by atoms with Crippen molar-refractivity contribution in [3.8, 4) is 0 Å². The van der Waals surface area contributed by atoms with Crippen LogP contribution in [0.1, 0.15) is 12.8 Å². The maximum absolute atomic E-state index is 3.93. The van der Waals surface area contributed by atoms with Crippen LogP contribution >= 0.6 is 11.8 Å². The molecule has 1 aliphatic rings. The number of aromatic nitrogens is 3. The Morgan fingerprint density at radius 3 is 3.27 bits per heavy atom. The van der Waals surface area contributed by atoms with Gasteiger partial charge in [-0.2, -0.15) is 11.8 Å². The van der Waals surface area contributed by atoms with Gasteiger partial charge in [-0.1, -0.05) is 5.21 Å². The zero-order valence-electron chi connectivity index (χ0n) is 8.93. The summed E-state index contributed by atoms with van der Waals surface area (Å²) in [5, 5.41) is 11.2. The lowest BCUT2D eigenvalue weighted by Gasteiger charge is -2.09. The van der Waals surface area contributed by atoms with Crippen molar-refractivity contribution in [1.82, 2.24) is 20.3 Å². The number of hydrogen-bond acceptors (Lipinski definition) is 4. The normalized spacial score (nSPS) is 20.9.